The highest BCUT2D eigenvalue weighted by Gasteiger charge is 2.29. The van der Waals surface area contributed by atoms with Crippen molar-refractivity contribution in [2.45, 2.75) is 58.4 Å². The molecule has 112 valence electrons. The Bertz CT molecular complexity index is 285. The van der Waals surface area contributed by atoms with Gasteiger partial charge in [0.25, 0.3) is 0 Å². The van der Waals surface area contributed by atoms with E-state index in [1.54, 1.807) is 0 Å². The fourth-order valence-electron chi connectivity index (χ4n) is 3.41. The van der Waals surface area contributed by atoms with Crippen molar-refractivity contribution in [1.82, 2.24) is 10.2 Å². The molecule has 4 heteroatoms. The maximum atomic E-state index is 12.5. The fraction of sp³-hybridized carbons (Fsp3) is 0.933. The molecule has 0 spiro atoms. The second-order valence-electron chi connectivity index (χ2n) is 6.11. The predicted octanol–water partition coefficient (Wildman–Crippen LogP) is 2.84. The lowest BCUT2D eigenvalue weighted by atomic mass is 9.92. The second-order valence-corrected chi connectivity index (χ2v) is 6.11. The van der Waals surface area contributed by atoms with E-state index < -0.39 is 0 Å². The van der Waals surface area contributed by atoms with Gasteiger partial charge in [-0.3, -0.25) is 4.79 Å². The maximum Gasteiger partial charge on any atom is 0.225 e. The molecule has 2 aliphatic heterocycles. The summed E-state index contributed by atoms with van der Waals surface area (Å²) in [6.07, 6.45) is 7.03. The van der Waals surface area contributed by atoms with Crippen LogP contribution in [-0.4, -0.2) is 36.5 Å². The van der Waals surface area contributed by atoms with Crippen LogP contribution >= 0.6 is 12.4 Å². The largest absolute Gasteiger partial charge is 0.342 e. The van der Waals surface area contributed by atoms with Crippen LogP contribution < -0.4 is 5.32 Å². The standard InChI is InChI=1S/C15H28N2O.ClH/c1-3-13-5-4-9-17(10-7-13)15(18)14-6-8-16-12(2)11-14;/h12-14,16H,3-11H2,1-2H3;1H/t12-,13?,14-;/m0./s1. The van der Waals surface area contributed by atoms with Crippen molar-refractivity contribution in [3.63, 3.8) is 0 Å². The highest BCUT2D eigenvalue weighted by atomic mass is 35.5. The molecule has 2 fully saturated rings. The summed E-state index contributed by atoms with van der Waals surface area (Å²) in [5, 5.41) is 3.43. The second kappa shape index (κ2) is 8.11. The quantitative estimate of drug-likeness (QED) is 0.847. The van der Waals surface area contributed by atoms with E-state index in [1.165, 1.54) is 25.7 Å². The van der Waals surface area contributed by atoms with Crippen LogP contribution in [0, 0.1) is 11.8 Å². The van der Waals surface area contributed by atoms with Crippen molar-refractivity contribution in [2.75, 3.05) is 19.6 Å². The van der Waals surface area contributed by atoms with Crippen LogP contribution in [0.5, 0.6) is 0 Å². The number of nitrogens with one attached hydrogen (secondary N) is 1. The summed E-state index contributed by atoms with van der Waals surface area (Å²) in [5.41, 5.74) is 0. The van der Waals surface area contributed by atoms with Gasteiger partial charge < -0.3 is 10.2 Å². The monoisotopic (exact) mass is 288 g/mol. The first kappa shape index (κ1) is 16.8. The average Bonchev–Trinajstić information content (AvgIpc) is 2.63. The lowest BCUT2D eigenvalue weighted by Crippen LogP contribution is -2.44. The van der Waals surface area contributed by atoms with Gasteiger partial charge in [-0.2, -0.15) is 0 Å². The van der Waals surface area contributed by atoms with E-state index in [9.17, 15) is 4.79 Å². The summed E-state index contributed by atoms with van der Waals surface area (Å²) in [6, 6.07) is 0.503. The summed E-state index contributed by atoms with van der Waals surface area (Å²) in [7, 11) is 0. The third kappa shape index (κ3) is 4.64. The molecule has 19 heavy (non-hydrogen) atoms. The van der Waals surface area contributed by atoms with Crippen molar-refractivity contribution < 1.29 is 4.79 Å². The molecule has 0 aliphatic carbocycles. The molecule has 0 aromatic rings. The molecule has 3 atom stereocenters. The van der Waals surface area contributed by atoms with Crippen molar-refractivity contribution in [3.8, 4) is 0 Å². The third-order valence-electron chi connectivity index (χ3n) is 4.71. The zero-order chi connectivity index (χ0) is 13.0. The Morgan fingerprint density at radius 2 is 2.05 bits per heavy atom. The minimum absolute atomic E-state index is 0. The topological polar surface area (TPSA) is 32.3 Å². The zero-order valence-corrected chi connectivity index (χ0v) is 13.2. The molecule has 0 bridgehead atoms. The number of rotatable bonds is 2. The van der Waals surface area contributed by atoms with E-state index in [0.29, 0.717) is 11.9 Å². The van der Waals surface area contributed by atoms with Gasteiger partial charge in [-0.25, -0.2) is 0 Å². The van der Waals surface area contributed by atoms with Crippen LogP contribution in [-0.2, 0) is 4.79 Å². The molecule has 1 amide bonds. The number of likely N-dealkylation sites (tertiary alicyclic amines) is 1. The van der Waals surface area contributed by atoms with Gasteiger partial charge in [-0.1, -0.05) is 13.3 Å². The lowest BCUT2D eigenvalue weighted by molar-refractivity contribution is -0.136. The number of amides is 1. The number of carbonyl (C=O) groups is 1. The molecule has 0 radical (unpaired) electrons. The summed E-state index contributed by atoms with van der Waals surface area (Å²) < 4.78 is 0. The van der Waals surface area contributed by atoms with Crippen LogP contribution in [0.15, 0.2) is 0 Å². The summed E-state index contributed by atoms with van der Waals surface area (Å²) >= 11 is 0. The summed E-state index contributed by atoms with van der Waals surface area (Å²) in [6.45, 7) is 7.46. The summed E-state index contributed by atoms with van der Waals surface area (Å²) in [4.78, 5) is 14.7. The van der Waals surface area contributed by atoms with Gasteiger partial charge in [0.05, 0.1) is 0 Å². The smallest absolute Gasteiger partial charge is 0.225 e. The SMILES string of the molecule is CCC1CCCN(C(=O)[C@H]2CCN[C@@H](C)C2)CC1.Cl. The minimum atomic E-state index is 0. The highest BCUT2D eigenvalue weighted by molar-refractivity contribution is 5.85. The van der Waals surface area contributed by atoms with Gasteiger partial charge in [-0.05, 0) is 51.5 Å². The normalized spacial score (nSPS) is 32.3. The zero-order valence-electron chi connectivity index (χ0n) is 12.4. The lowest BCUT2D eigenvalue weighted by Gasteiger charge is -2.31. The molecule has 2 heterocycles. The Morgan fingerprint density at radius 1 is 1.26 bits per heavy atom. The Morgan fingerprint density at radius 3 is 2.74 bits per heavy atom. The first-order chi connectivity index (χ1) is 8.70. The molecule has 2 rings (SSSR count). The first-order valence-electron chi connectivity index (χ1n) is 7.73. The van der Waals surface area contributed by atoms with Crippen molar-refractivity contribution in [3.05, 3.63) is 0 Å². The van der Waals surface area contributed by atoms with Crippen LogP contribution in [0.2, 0.25) is 0 Å². The van der Waals surface area contributed by atoms with E-state index in [1.807, 2.05) is 0 Å². The van der Waals surface area contributed by atoms with E-state index in [2.05, 4.69) is 24.1 Å². The number of hydrogen-bond donors (Lipinski definition) is 1. The van der Waals surface area contributed by atoms with Gasteiger partial charge in [0, 0.05) is 25.0 Å². The van der Waals surface area contributed by atoms with E-state index in [-0.39, 0.29) is 18.3 Å². The Labute approximate surface area is 123 Å². The predicted molar refractivity (Wildman–Crippen MR) is 81.6 cm³/mol. The molecule has 0 aromatic carbocycles. The molecule has 2 aliphatic rings. The summed E-state index contributed by atoms with van der Waals surface area (Å²) in [5.74, 6) is 1.55. The number of nitrogens with zero attached hydrogens (tertiary/aromatic N) is 1. The number of piperidine rings is 1. The van der Waals surface area contributed by atoms with Gasteiger partial charge in [0.2, 0.25) is 5.91 Å². The molecular weight excluding hydrogens is 260 g/mol. The molecular formula is C15H29ClN2O. The van der Waals surface area contributed by atoms with Crippen LogP contribution in [0.3, 0.4) is 0 Å². The Kier molecular flexibility index (Phi) is 7.16. The van der Waals surface area contributed by atoms with Crippen LogP contribution in [0.1, 0.15) is 52.4 Å². The van der Waals surface area contributed by atoms with Crippen molar-refractivity contribution in [2.24, 2.45) is 11.8 Å². The van der Waals surface area contributed by atoms with Gasteiger partial charge in [-0.15, -0.1) is 12.4 Å². The number of carbonyl (C=O) groups excluding carboxylic acids is 1. The number of halogens is 1. The van der Waals surface area contributed by atoms with E-state index in [4.69, 9.17) is 0 Å². The third-order valence-corrected chi connectivity index (χ3v) is 4.71. The van der Waals surface area contributed by atoms with Gasteiger partial charge in [0.15, 0.2) is 0 Å². The Hall–Kier alpha value is -0.280. The molecule has 1 unspecified atom stereocenters. The average molecular weight is 289 g/mol. The van der Waals surface area contributed by atoms with E-state index >= 15 is 0 Å². The van der Waals surface area contributed by atoms with Gasteiger partial charge >= 0.3 is 0 Å². The van der Waals surface area contributed by atoms with Gasteiger partial charge in [0.1, 0.15) is 0 Å². The Balaban J connectivity index is 0.00000180. The fourth-order valence-corrected chi connectivity index (χ4v) is 3.41. The molecule has 0 aromatic heterocycles. The maximum absolute atomic E-state index is 12.5. The molecule has 1 N–H and O–H groups in total. The van der Waals surface area contributed by atoms with E-state index in [0.717, 1.165) is 38.4 Å². The first-order valence-corrected chi connectivity index (χ1v) is 7.73. The van der Waals surface area contributed by atoms with Crippen LogP contribution in [0.25, 0.3) is 0 Å². The molecule has 3 nitrogen and oxygen atoms in total. The number of hydrogen-bond acceptors (Lipinski definition) is 2. The molecule has 0 saturated carbocycles. The van der Waals surface area contributed by atoms with Crippen molar-refractivity contribution in [1.29, 1.82) is 0 Å². The van der Waals surface area contributed by atoms with Crippen molar-refractivity contribution >= 4 is 18.3 Å². The molecule has 2 saturated heterocycles. The minimum Gasteiger partial charge on any atom is -0.342 e. The van der Waals surface area contributed by atoms with Crippen LogP contribution in [0.4, 0.5) is 0 Å². The highest BCUT2D eigenvalue weighted by Crippen LogP contribution is 2.24.